The molecule has 2 saturated carbocycles. The highest BCUT2D eigenvalue weighted by Gasteiger charge is 2.39. The predicted molar refractivity (Wildman–Crippen MR) is 163 cm³/mol. The summed E-state index contributed by atoms with van der Waals surface area (Å²) >= 11 is 0. The van der Waals surface area contributed by atoms with E-state index in [0.29, 0.717) is 23.7 Å². The first-order valence-electron chi connectivity index (χ1n) is 16.0. The number of piperidine rings is 1. The quantitative estimate of drug-likeness (QED) is 0.270. The second-order valence-electron chi connectivity index (χ2n) is 12.9. The third kappa shape index (κ3) is 7.12. The molecule has 1 aromatic heterocycles. The van der Waals surface area contributed by atoms with Crippen LogP contribution in [0.2, 0.25) is 0 Å². The van der Waals surface area contributed by atoms with Crippen LogP contribution in [-0.2, 0) is 17.8 Å². The van der Waals surface area contributed by atoms with Crippen LogP contribution in [0.5, 0.6) is 0 Å². The fourth-order valence-electron chi connectivity index (χ4n) is 7.49. The minimum Gasteiger partial charge on any atom is -0.480 e. The molecule has 0 spiro atoms. The summed E-state index contributed by atoms with van der Waals surface area (Å²) in [6, 6.07) is 19.7. The lowest BCUT2D eigenvalue weighted by Gasteiger charge is -2.35. The Morgan fingerprint density at radius 2 is 1.79 bits per heavy atom. The summed E-state index contributed by atoms with van der Waals surface area (Å²) in [5.41, 5.74) is 4.85. The van der Waals surface area contributed by atoms with Gasteiger partial charge in [0.15, 0.2) is 0 Å². The van der Waals surface area contributed by atoms with Gasteiger partial charge < -0.3 is 15.3 Å². The van der Waals surface area contributed by atoms with Crippen LogP contribution < -0.4 is 5.32 Å². The van der Waals surface area contributed by atoms with Gasteiger partial charge in [-0.15, -0.1) is 0 Å². The molecule has 0 bridgehead atoms. The minimum absolute atomic E-state index is 0.206. The van der Waals surface area contributed by atoms with E-state index >= 15 is 0 Å². The van der Waals surface area contributed by atoms with Gasteiger partial charge in [-0.25, -0.2) is 4.39 Å². The van der Waals surface area contributed by atoms with Crippen LogP contribution in [-0.4, -0.2) is 57.5 Å². The van der Waals surface area contributed by atoms with Gasteiger partial charge in [0, 0.05) is 37.2 Å². The number of carboxylic acids is 1. The Morgan fingerprint density at radius 3 is 2.45 bits per heavy atom. The number of aromatic nitrogens is 2. The molecule has 2 unspecified atom stereocenters. The Bertz CT molecular complexity index is 1310. The maximum absolute atomic E-state index is 13.4. The van der Waals surface area contributed by atoms with Crippen LogP contribution in [0.25, 0.3) is 0 Å². The Labute approximate surface area is 249 Å². The minimum atomic E-state index is -0.698. The van der Waals surface area contributed by atoms with Crippen LogP contribution in [0, 0.1) is 17.7 Å². The number of rotatable bonds is 12. The SMILES string of the molecule is CCn1nc(Cc2ccc(F)cc2)cc1C1CCN(C[C@H]2CC(NC(CC3CC3)C(=O)O)C[C@@H]2c2ccccc2)CC1. The van der Waals surface area contributed by atoms with E-state index in [0.717, 1.165) is 76.0 Å². The molecule has 0 amide bonds. The first-order chi connectivity index (χ1) is 20.4. The molecule has 224 valence electrons. The summed E-state index contributed by atoms with van der Waals surface area (Å²) in [5.74, 6) is 1.15. The first kappa shape index (κ1) is 29.1. The van der Waals surface area contributed by atoms with Crippen molar-refractivity contribution < 1.29 is 14.3 Å². The topological polar surface area (TPSA) is 70.4 Å². The average molecular weight is 573 g/mol. The Hall–Kier alpha value is -3.03. The highest BCUT2D eigenvalue weighted by Crippen LogP contribution is 2.42. The van der Waals surface area contributed by atoms with Crippen molar-refractivity contribution >= 4 is 5.97 Å². The van der Waals surface area contributed by atoms with E-state index in [-0.39, 0.29) is 11.9 Å². The van der Waals surface area contributed by atoms with Gasteiger partial charge in [-0.1, -0.05) is 55.3 Å². The molecule has 42 heavy (non-hydrogen) atoms. The van der Waals surface area contributed by atoms with E-state index in [1.165, 1.54) is 36.2 Å². The van der Waals surface area contributed by atoms with Crippen LogP contribution in [0.4, 0.5) is 4.39 Å². The summed E-state index contributed by atoms with van der Waals surface area (Å²) < 4.78 is 15.5. The zero-order chi connectivity index (χ0) is 29.1. The molecule has 2 heterocycles. The van der Waals surface area contributed by atoms with Crippen LogP contribution in [0.3, 0.4) is 0 Å². The number of benzene rings is 2. The standard InChI is InChI=1S/C35H45FN4O2/c1-2-40-34(22-31(38-40)18-24-10-12-29(36)13-11-24)27-14-16-39(17-15-27)23-28-20-30(21-32(28)26-6-4-3-5-7-26)37-33(35(41)42)19-25-8-9-25/h3-7,10-13,22,25,27-28,30,32-33,37H,2,8-9,14-21,23H2,1H3,(H,41,42)/t28-,30?,32-,33?/m1/s1. The van der Waals surface area contributed by atoms with Gasteiger partial charge in [0.25, 0.3) is 0 Å². The summed E-state index contributed by atoms with van der Waals surface area (Å²) in [4.78, 5) is 14.7. The zero-order valence-corrected chi connectivity index (χ0v) is 24.8. The predicted octanol–water partition coefficient (Wildman–Crippen LogP) is 6.22. The molecular weight excluding hydrogens is 527 g/mol. The number of hydrogen-bond acceptors (Lipinski definition) is 4. The largest absolute Gasteiger partial charge is 0.480 e. The third-order valence-corrected chi connectivity index (χ3v) is 9.88. The second kappa shape index (κ2) is 13.1. The smallest absolute Gasteiger partial charge is 0.320 e. The molecular formula is C35H45FN4O2. The number of aliphatic carboxylic acids is 1. The number of aryl methyl sites for hydroxylation is 1. The number of nitrogens with zero attached hydrogens (tertiary/aromatic N) is 3. The number of carboxylic acid groups (broad SMARTS) is 1. The lowest BCUT2D eigenvalue weighted by Crippen LogP contribution is -2.43. The van der Waals surface area contributed by atoms with Gasteiger partial charge in [0.2, 0.25) is 0 Å². The monoisotopic (exact) mass is 572 g/mol. The Balaban J connectivity index is 1.08. The van der Waals surface area contributed by atoms with E-state index in [1.54, 1.807) is 0 Å². The van der Waals surface area contributed by atoms with Gasteiger partial charge in [-0.3, -0.25) is 9.48 Å². The highest BCUT2D eigenvalue weighted by molar-refractivity contribution is 5.73. The molecule has 6 rings (SSSR count). The molecule has 1 aliphatic heterocycles. The number of likely N-dealkylation sites (tertiary alicyclic amines) is 1. The van der Waals surface area contributed by atoms with Gasteiger partial charge in [0.1, 0.15) is 11.9 Å². The molecule has 2 aromatic carbocycles. The van der Waals surface area contributed by atoms with E-state index in [1.807, 2.05) is 12.1 Å². The second-order valence-corrected chi connectivity index (χ2v) is 12.9. The maximum atomic E-state index is 13.4. The maximum Gasteiger partial charge on any atom is 0.320 e. The normalized spacial score (nSPS) is 24.2. The number of hydrogen-bond donors (Lipinski definition) is 2. The van der Waals surface area contributed by atoms with E-state index in [2.05, 4.69) is 58.2 Å². The molecule has 0 radical (unpaired) electrons. The van der Waals surface area contributed by atoms with Crippen molar-refractivity contribution in [3.8, 4) is 0 Å². The summed E-state index contributed by atoms with van der Waals surface area (Å²) in [6.45, 7) is 6.21. The summed E-state index contributed by atoms with van der Waals surface area (Å²) in [5, 5.41) is 18.3. The molecule has 4 atom stereocenters. The Kier molecular flexibility index (Phi) is 9.06. The number of carbonyl (C=O) groups is 1. The first-order valence-corrected chi connectivity index (χ1v) is 16.0. The van der Waals surface area contributed by atoms with Crippen molar-refractivity contribution in [2.24, 2.45) is 11.8 Å². The lowest BCUT2D eigenvalue weighted by molar-refractivity contribution is -0.140. The molecule has 3 aliphatic rings. The molecule has 6 nitrogen and oxygen atoms in total. The van der Waals surface area contributed by atoms with E-state index in [9.17, 15) is 14.3 Å². The van der Waals surface area contributed by atoms with Crippen LogP contribution in [0.1, 0.15) is 86.2 Å². The zero-order valence-electron chi connectivity index (χ0n) is 24.8. The van der Waals surface area contributed by atoms with Crippen molar-refractivity contribution in [3.05, 3.63) is 89.0 Å². The van der Waals surface area contributed by atoms with Gasteiger partial charge in [0.05, 0.1) is 5.69 Å². The molecule has 2 N–H and O–H groups in total. The van der Waals surface area contributed by atoms with E-state index < -0.39 is 12.0 Å². The average Bonchev–Trinajstić information content (AvgIpc) is 3.60. The molecule has 2 aliphatic carbocycles. The van der Waals surface area contributed by atoms with Crippen molar-refractivity contribution in [2.45, 2.75) is 88.8 Å². The Morgan fingerprint density at radius 1 is 1.05 bits per heavy atom. The fourth-order valence-corrected chi connectivity index (χ4v) is 7.49. The summed E-state index contributed by atoms with van der Waals surface area (Å²) in [6.07, 6.45) is 8.12. The highest BCUT2D eigenvalue weighted by atomic mass is 19.1. The number of nitrogens with one attached hydrogen (secondary N) is 1. The molecule has 1 saturated heterocycles. The lowest BCUT2D eigenvalue weighted by atomic mass is 9.87. The molecule has 7 heteroatoms. The van der Waals surface area contributed by atoms with Crippen molar-refractivity contribution in [3.63, 3.8) is 0 Å². The summed E-state index contributed by atoms with van der Waals surface area (Å²) in [7, 11) is 0. The van der Waals surface area contributed by atoms with Gasteiger partial charge in [-0.2, -0.15) is 5.10 Å². The van der Waals surface area contributed by atoms with Crippen molar-refractivity contribution in [2.75, 3.05) is 19.6 Å². The van der Waals surface area contributed by atoms with Gasteiger partial charge in [-0.05, 0) is 99.2 Å². The van der Waals surface area contributed by atoms with Gasteiger partial charge >= 0.3 is 5.97 Å². The van der Waals surface area contributed by atoms with Crippen LogP contribution >= 0.6 is 0 Å². The third-order valence-electron chi connectivity index (χ3n) is 9.88. The van der Waals surface area contributed by atoms with Crippen molar-refractivity contribution in [1.82, 2.24) is 20.0 Å². The fraction of sp³-hybridized carbons (Fsp3) is 0.543. The van der Waals surface area contributed by atoms with Crippen molar-refractivity contribution in [1.29, 1.82) is 0 Å². The number of halogens is 1. The van der Waals surface area contributed by atoms with E-state index in [4.69, 9.17) is 5.10 Å². The molecule has 3 fully saturated rings. The molecule has 3 aromatic rings. The van der Waals surface area contributed by atoms with Crippen LogP contribution in [0.15, 0.2) is 60.7 Å².